The van der Waals surface area contributed by atoms with Gasteiger partial charge in [0, 0.05) is 58.3 Å². The summed E-state index contributed by atoms with van der Waals surface area (Å²) in [5, 5.41) is 11.9. The van der Waals surface area contributed by atoms with E-state index in [2.05, 4.69) is 15.3 Å². The molecule has 37 heavy (non-hydrogen) atoms. The van der Waals surface area contributed by atoms with Crippen molar-refractivity contribution in [3.63, 3.8) is 0 Å². The van der Waals surface area contributed by atoms with Crippen LogP contribution in [0.3, 0.4) is 0 Å². The molecule has 0 radical (unpaired) electrons. The summed E-state index contributed by atoms with van der Waals surface area (Å²) in [6.07, 6.45) is -0.837. The first kappa shape index (κ1) is 27.4. The van der Waals surface area contributed by atoms with Crippen molar-refractivity contribution in [2.24, 2.45) is 0 Å². The molecule has 1 atom stereocenters. The van der Waals surface area contributed by atoms with Crippen LogP contribution in [0.15, 0.2) is 36.4 Å². The lowest BCUT2D eigenvalue weighted by atomic mass is 10.1. The van der Waals surface area contributed by atoms with Crippen molar-refractivity contribution in [2.75, 3.05) is 51.8 Å². The van der Waals surface area contributed by atoms with E-state index in [0.717, 1.165) is 5.56 Å². The first-order chi connectivity index (χ1) is 17.7. The van der Waals surface area contributed by atoms with Crippen LogP contribution in [0.4, 0.5) is 10.6 Å². The van der Waals surface area contributed by atoms with Crippen LogP contribution >= 0.6 is 0 Å². The van der Waals surface area contributed by atoms with Crippen LogP contribution in [0.25, 0.3) is 11.4 Å². The highest BCUT2D eigenvalue weighted by molar-refractivity contribution is 5.97. The van der Waals surface area contributed by atoms with Crippen molar-refractivity contribution in [3.05, 3.63) is 42.1 Å². The Bertz CT molecular complexity index is 1120. The van der Waals surface area contributed by atoms with E-state index >= 15 is 0 Å². The second-order valence-corrected chi connectivity index (χ2v) is 8.67. The van der Waals surface area contributed by atoms with E-state index < -0.39 is 29.9 Å². The number of hydrogen-bond acceptors (Lipinski definition) is 8. The average Bonchev–Trinajstić information content (AvgIpc) is 2.90. The number of carbonyl (C=O) groups excluding carboxylic acids is 3. The summed E-state index contributed by atoms with van der Waals surface area (Å²) in [4.78, 5) is 63.4. The highest BCUT2D eigenvalue weighted by Gasteiger charge is 2.31. The van der Waals surface area contributed by atoms with Gasteiger partial charge in [0.25, 0.3) is 5.91 Å². The van der Waals surface area contributed by atoms with Crippen LogP contribution in [-0.4, -0.2) is 102 Å². The Hall–Kier alpha value is -4.22. The van der Waals surface area contributed by atoms with Crippen molar-refractivity contribution in [3.8, 4) is 11.4 Å². The Balaban J connectivity index is 1.79. The highest BCUT2D eigenvalue weighted by Crippen LogP contribution is 2.19. The summed E-state index contributed by atoms with van der Waals surface area (Å²) in [7, 11) is 3.57. The number of nitrogens with one attached hydrogen (secondary N) is 1. The number of ether oxygens (including phenoxy) is 1. The number of rotatable bonds is 9. The fraction of sp³-hybridized carbons (Fsp3) is 0.440. The number of piperazine rings is 1. The van der Waals surface area contributed by atoms with Gasteiger partial charge in [-0.05, 0) is 13.3 Å². The number of hydrogen-bond donors (Lipinski definition) is 2. The number of carbonyl (C=O) groups is 4. The van der Waals surface area contributed by atoms with E-state index in [-0.39, 0.29) is 51.3 Å². The van der Waals surface area contributed by atoms with E-state index in [1.807, 2.05) is 30.3 Å². The molecule has 0 spiro atoms. The molecule has 1 aromatic carbocycles. The third kappa shape index (κ3) is 7.38. The van der Waals surface area contributed by atoms with Gasteiger partial charge in [0.1, 0.15) is 17.6 Å². The van der Waals surface area contributed by atoms with Crippen molar-refractivity contribution in [2.45, 2.75) is 25.8 Å². The molecule has 1 saturated heterocycles. The van der Waals surface area contributed by atoms with E-state index in [4.69, 9.17) is 4.74 Å². The molecular formula is C25H32N6O6. The molecule has 2 heterocycles. The van der Waals surface area contributed by atoms with Crippen LogP contribution in [0, 0.1) is 0 Å². The summed E-state index contributed by atoms with van der Waals surface area (Å²) in [6, 6.07) is 9.62. The zero-order chi connectivity index (χ0) is 26.9. The zero-order valence-corrected chi connectivity index (χ0v) is 21.2. The van der Waals surface area contributed by atoms with E-state index in [1.165, 1.54) is 15.9 Å². The van der Waals surface area contributed by atoms with Gasteiger partial charge in [-0.25, -0.2) is 14.8 Å². The molecule has 1 aliphatic heterocycles. The van der Waals surface area contributed by atoms with E-state index in [0.29, 0.717) is 11.6 Å². The predicted octanol–water partition coefficient (Wildman–Crippen LogP) is 1.47. The fourth-order valence-electron chi connectivity index (χ4n) is 3.80. The summed E-state index contributed by atoms with van der Waals surface area (Å²) in [6.45, 7) is 3.02. The van der Waals surface area contributed by atoms with Gasteiger partial charge < -0.3 is 29.9 Å². The van der Waals surface area contributed by atoms with E-state index in [9.17, 15) is 24.3 Å². The average molecular weight is 513 g/mol. The van der Waals surface area contributed by atoms with Crippen LogP contribution in [-0.2, 0) is 14.3 Å². The summed E-state index contributed by atoms with van der Waals surface area (Å²) in [5.41, 5.74) is 0.774. The van der Waals surface area contributed by atoms with E-state index in [1.54, 1.807) is 25.9 Å². The first-order valence-corrected chi connectivity index (χ1v) is 12.0. The Morgan fingerprint density at radius 3 is 2.30 bits per heavy atom. The van der Waals surface area contributed by atoms with Gasteiger partial charge in [-0.3, -0.25) is 14.4 Å². The minimum absolute atomic E-state index is 0.0535. The maximum Gasteiger partial charge on any atom is 0.409 e. The number of carboxylic acid groups (broad SMARTS) is 1. The maximum atomic E-state index is 13.3. The first-order valence-electron chi connectivity index (χ1n) is 12.0. The third-order valence-electron chi connectivity index (χ3n) is 5.80. The van der Waals surface area contributed by atoms with Crippen molar-refractivity contribution in [1.82, 2.24) is 25.1 Å². The van der Waals surface area contributed by atoms with Gasteiger partial charge in [-0.2, -0.15) is 0 Å². The Morgan fingerprint density at radius 1 is 1.05 bits per heavy atom. The molecule has 0 aliphatic carbocycles. The monoisotopic (exact) mass is 512 g/mol. The van der Waals surface area contributed by atoms with Crippen LogP contribution in [0.1, 0.15) is 30.3 Å². The summed E-state index contributed by atoms with van der Waals surface area (Å²) < 4.78 is 5.00. The third-order valence-corrected chi connectivity index (χ3v) is 5.80. The van der Waals surface area contributed by atoms with Crippen molar-refractivity contribution in [1.29, 1.82) is 0 Å². The lowest BCUT2D eigenvalue weighted by Gasteiger charge is -2.35. The van der Waals surface area contributed by atoms with Crippen molar-refractivity contribution >= 4 is 29.7 Å². The number of anilines is 1. The number of aliphatic carboxylic acids is 1. The second-order valence-electron chi connectivity index (χ2n) is 8.67. The molecule has 2 N–H and O–H groups in total. The summed E-state index contributed by atoms with van der Waals surface area (Å²) in [5.74, 6) is -1.26. The number of nitrogens with zero attached hydrogens (tertiary/aromatic N) is 5. The minimum Gasteiger partial charge on any atom is -0.481 e. The molecule has 0 saturated carbocycles. The standard InChI is InChI=1S/C25H32N6O6/c1-4-37-25(36)31-14-12-30(13-15-31)24(35)18(10-11-21(32)33)27-23(34)19-16-20(29(2)3)28-22(26-19)17-8-6-5-7-9-17/h5-9,16,18H,4,10-15H2,1-3H3,(H,27,34)(H,32,33). The largest absolute Gasteiger partial charge is 0.481 e. The number of aromatic nitrogens is 2. The van der Waals surface area contributed by atoms with Crippen LogP contribution in [0.5, 0.6) is 0 Å². The summed E-state index contributed by atoms with van der Waals surface area (Å²) >= 11 is 0. The highest BCUT2D eigenvalue weighted by atomic mass is 16.6. The zero-order valence-electron chi connectivity index (χ0n) is 21.2. The Kier molecular flexibility index (Phi) is 9.36. The maximum absolute atomic E-state index is 13.3. The molecule has 198 valence electrons. The second kappa shape index (κ2) is 12.7. The molecule has 12 heteroatoms. The number of amides is 3. The molecular weight excluding hydrogens is 480 g/mol. The van der Waals surface area contributed by atoms with Crippen molar-refractivity contribution < 1.29 is 29.0 Å². The van der Waals surface area contributed by atoms with Crippen LogP contribution in [0.2, 0.25) is 0 Å². The molecule has 1 unspecified atom stereocenters. The van der Waals surface area contributed by atoms with Gasteiger partial charge in [-0.1, -0.05) is 30.3 Å². The molecule has 0 bridgehead atoms. The molecule has 1 aliphatic rings. The Labute approximate surface area is 215 Å². The fourth-order valence-corrected chi connectivity index (χ4v) is 3.80. The molecule has 1 fully saturated rings. The Morgan fingerprint density at radius 2 is 1.70 bits per heavy atom. The smallest absolute Gasteiger partial charge is 0.409 e. The lowest BCUT2D eigenvalue weighted by Crippen LogP contribution is -2.56. The van der Waals surface area contributed by atoms with Gasteiger partial charge in [0.05, 0.1) is 6.61 Å². The van der Waals surface area contributed by atoms with Gasteiger partial charge in [0.15, 0.2) is 5.82 Å². The minimum atomic E-state index is -1.08. The molecule has 2 aromatic rings. The van der Waals surface area contributed by atoms with Crippen LogP contribution < -0.4 is 10.2 Å². The normalized spacial score (nSPS) is 14.0. The SMILES string of the molecule is CCOC(=O)N1CCN(C(=O)C(CCC(=O)O)NC(=O)c2cc(N(C)C)nc(-c3ccccc3)n2)CC1. The predicted molar refractivity (Wildman–Crippen MR) is 135 cm³/mol. The number of benzene rings is 1. The molecule has 3 amide bonds. The van der Waals surface area contributed by atoms with Gasteiger partial charge in [0.2, 0.25) is 5.91 Å². The molecule has 12 nitrogen and oxygen atoms in total. The number of carboxylic acids is 1. The topological polar surface area (TPSA) is 145 Å². The quantitative estimate of drug-likeness (QED) is 0.510. The molecule has 1 aromatic heterocycles. The molecule has 3 rings (SSSR count). The lowest BCUT2D eigenvalue weighted by molar-refractivity contribution is -0.138. The van der Waals surface area contributed by atoms with Gasteiger partial charge >= 0.3 is 12.1 Å². The van der Waals surface area contributed by atoms with Gasteiger partial charge in [-0.15, -0.1) is 0 Å².